The zero-order valence-corrected chi connectivity index (χ0v) is 13.4. The Kier molecular flexibility index (Phi) is 4.82. The number of hydrogen-bond donors (Lipinski definition) is 0. The number of hydrogen-bond acceptors (Lipinski definition) is 4. The number of ether oxygens (including phenoxy) is 1. The molecule has 0 aliphatic rings. The number of ketones is 1. The second-order valence-electron chi connectivity index (χ2n) is 5.14. The van der Waals surface area contributed by atoms with Gasteiger partial charge in [0.15, 0.2) is 5.78 Å². The predicted molar refractivity (Wildman–Crippen MR) is 89.9 cm³/mol. The molecule has 0 unspecified atom stereocenters. The van der Waals surface area contributed by atoms with E-state index in [0.717, 1.165) is 5.56 Å². The third kappa shape index (κ3) is 3.94. The van der Waals surface area contributed by atoms with Gasteiger partial charge in [-0.05, 0) is 70.9 Å². The van der Waals surface area contributed by atoms with Crippen molar-refractivity contribution in [3.63, 3.8) is 0 Å². The summed E-state index contributed by atoms with van der Waals surface area (Å²) in [5.74, 6) is -0.581. The summed E-state index contributed by atoms with van der Waals surface area (Å²) in [5, 5.41) is 3.80. The Bertz CT molecular complexity index is 837. The van der Waals surface area contributed by atoms with Crippen molar-refractivity contribution in [3.8, 4) is 5.75 Å². The third-order valence-corrected chi connectivity index (χ3v) is 4.12. The van der Waals surface area contributed by atoms with Gasteiger partial charge < -0.3 is 4.74 Å². The lowest BCUT2D eigenvalue weighted by Gasteiger charge is -2.05. The maximum Gasteiger partial charge on any atom is 0.315 e. The lowest BCUT2D eigenvalue weighted by atomic mass is 10.0. The minimum atomic E-state index is -0.389. The fourth-order valence-corrected chi connectivity index (χ4v) is 2.84. The molecule has 3 aromatic rings. The fourth-order valence-electron chi connectivity index (χ4n) is 2.17. The highest BCUT2D eigenvalue weighted by molar-refractivity contribution is 7.08. The maximum absolute atomic E-state index is 12.9. The molecule has 2 aromatic carbocycles. The van der Waals surface area contributed by atoms with Crippen LogP contribution in [0.15, 0.2) is 65.4 Å². The monoisotopic (exact) mass is 340 g/mol. The molecule has 120 valence electrons. The molecule has 0 N–H and O–H groups in total. The van der Waals surface area contributed by atoms with E-state index in [1.165, 1.54) is 35.6 Å². The van der Waals surface area contributed by atoms with Gasteiger partial charge in [0.25, 0.3) is 0 Å². The number of halogens is 1. The van der Waals surface area contributed by atoms with E-state index in [0.29, 0.717) is 16.9 Å². The van der Waals surface area contributed by atoms with Gasteiger partial charge in [0, 0.05) is 11.1 Å². The molecule has 1 aromatic heterocycles. The number of carbonyl (C=O) groups is 2. The van der Waals surface area contributed by atoms with E-state index in [-0.39, 0.29) is 24.0 Å². The molecule has 1 heterocycles. The minimum Gasteiger partial charge on any atom is -0.426 e. The van der Waals surface area contributed by atoms with E-state index in [1.807, 2.05) is 16.8 Å². The van der Waals surface area contributed by atoms with Gasteiger partial charge in [-0.2, -0.15) is 11.3 Å². The summed E-state index contributed by atoms with van der Waals surface area (Å²) in [7, 11) is 0. The molecular formula is C19H13FO3S. The van der Waals surface area contributed by atoms with E-state index in [9.17, 15) is 14.0 Å². The molecule has 5 heteroatoms. The van der Waals surface area contributed by atoms with E-state index in [2.05, 4.69) is 0 Å². The van der Waals surface area contributed by atoms with Crippen LogP contribution in [0.1, 0.15) is 21.5 Å². The molecular weight excluding hydrogens is 327 g/mol. The Morgan fingerprint density at radius 1 is 0.917 bits per heavy atom. The first-order valence-corrected chi connectivity index (χ1v) is 8.18. The van der Waals surface area contributed by atoms with Crippen LogP contribution in [-0.2, 0) is 11.2 Å². The van der Waals surface area contributed by atoms with Crippen LogP contribution >= 0.6 is 11.3 Å². The summed E-state index contributed by atoms with van der Waals surface area (Å²) < 4.78 is 18.2. The molecule has 0 spiro atoms. The number of thiophene rings is 1. The first kappa shape index (κ1) is 16.1. The topological polar surface area (TPSA) is 43.4 Å². The quantitative estimate of drug-likeness (QED) is 0.396. The molecule has 0 bridgehead atoms. The molecule has 0 fully saturated rings. The number of esters is 1. The average Bonchev–Trinajstić information content (AvgIpc) is 3.08. The Hall–Kier alpha value is -2.79. The van der Waals surface area contributed by atoms with E-state index in [1.54, 1.807) is 24.3 Å². The molecule has 0 aliphatic heterocycles. The van der Waals surface area contributed by atoms with Gasteiger partial charge in [-0.3, -0.25) is 9.59 Å². The van der Waals surface area contributed by atoms with Gasteiger partial charge in [-0.25, -0.2) is 4.39 Å². The SMILES string of the molecule is O=C(Cc1ccsc1)Oc1ccc(C(=O)c2ccc(F)cc2)cc1. The van der Waals surface area contributed by atoms with Crippen LogP contribution in [0.25, 0.3) is 0 Å². The molecule has 0 radical (unpaired) electrons. The summed E-state index contributed by atoms with van der Waals surface area (Å²) in [5.41, 5.74) is 1.76. The van der Waals surface area contributed by atoms with Crippen LogP contribution in [0.5, 0.6) is 5.75 Å². The van der Waals surface area contributed by atoms with Crippen LogP contribution in [-0.4, -0.2) is 11.8 Å². The van der Waals surface area contributed by atoms with E-state index >= 15 is 0 Å². The van der Waals surface area contributed by atoms with Gasteiger partial charge in [0.2, 0.25) is 0 Å². The second kappa shape index (κ2) is 7.19. The molecule has 0 saturated carbocycles. The van der Waals surface area contributed by atoms with Gasteiger partial charge >= 0.3 is 5.97 Å². The van der Waals surface area contributed by atoms with Crippen molar-refractivity contribution in [1.82, 2.24) is 0 Å². The van der Waals surface area contributed by atoms with Gasteiger partial charge in [-0.15, -0.1) is 0 Å². The number of rotatable bonds is 5. The van der Waals surface area contributed by atoms with Crippen molar-refractivity contribution in [3.05, 3.63) is 87.9 Å². The first-order chi connectivity index (χ1) is 11.6. The van der Waals surface area contributed by atoms with Gasteiger partial charge in [0.05, 0.1) is 6.42 Å². The molecule has 3 nitrogen and oxygen atoms in total. The van der Waals surface area contributed by atoms with Gasteiger partial charge in [0.1, 0.15) is 11.6 Å². The van der Waals surface area contributed by atoms with E-state index < -0.39 is 0 Å². The van der Waals surface area contributed by atoms with E-state index in [4.69, 9.17) is 4.74 Å². The van der Waals surface area contributed by atoms with Gasteiger partial charge in [-0.1, -0.05) is 0 Å². The number of benzene rings is 2. The van der Waals surface area contributed by atoms with Crippen LogP contribution in [0, 0.1) is 5.82 Å². The lowest BCUT2D eigenvalue weighted by molar-refractivity contribution is -0.133. The Morgan fingerprint density at radius 2 is 1.54 bits per heavy atom. The normalized spacial score (nSPS) is 10.4. The zero-order chi connectivity index (χ0) is 16.9. The van der Waals surface area contributed by atoms with Crippen molar-refractivity contribution < 1.29 is 18.7 Å². The highest BCUT2D eigenvalue weighted by Gasteiger charge is 2.11. The Labute approximate surface area is 142 Å². The van der Waals surface area contributed by atoms with Crippen molar-refractivity contribution in [2.45, 2.75) is 6.42 Å². The van der Waals surface area contributed by atoms with Crippen molar-refractivity contribution in [2.75, 3.05) is 0 Å². The predicted octanol–water partition coefficient (Wildman–Crippen LogP) is 4.27. The largest absolute Gasteiger partial charge is 0.426 e. The van der Waals surface area contributed by atoms with Crippen molar-refractivity contribution in [2.24, 2.45) is 0 Å². The molecule has 3 rings (SSSR count). The lowest BCUT2D eigenvalue weighted by Crippen LogP contribution is -2.11. The van der Waals surface area contributed by atoms with Crippen LogP contribution < -0.4 is 4.74 Å². The summed E-state index contributed by atoms with van der Waals surface area (Å²) in [4.78, 5) is 24.1. The summed E-state index contributed by atoms with van der Waals surface area (Å²) >= 11 is 1.52. The molecule has 0 atom stereocenters. The van der Waals surface area contributed by atoms with Crippen LogP contribution in [0.4, 0.5) is 4.39 Å². The average molecular weight is 340 g/mol. The highest BCUT2D eigenvalue weighted by atomic mass is 32.1. The molecule has 0 saturated heterocycles. The standard InChI is InChI=1S/C19H13FO3S/c20-16-5-1-14(2-6-16)19(22)15-3-7-17(8-4-15)23-18(21)11-13-9-10-24-12-13/h1-10,12H,11H2. The molecule has 24 heavy (non-hydrogen) atoms. The summed E-state index contributed by atoms with van der Waals surface area (Å²) in [6, 6.07) is 13.5. The highest BCUT2D eigenvalue weighted by Crippen LogP contribution is 2.17. The third-order valence-electron chi connectivity index (χ3n) is 3.38. The maximum atomic E-state index is 12.9. The Morgan fingerprint density at radius 3 is 2.12 bits per heavy atom. The fraction of sp³-hybridized carbons (Fsp3) is 0.0526. The molecule has 0 aliphatic carbocycles. The summed E-state index contributed by atoms with van der Waals surface area (Å²) in [6.07, 6.45) is 0.208. The Balaban J connectivity index is 1.65. The minimum absolute atomic E-state index is 0.208. The number of carbonyl (C=O) groups excluding carboxylic acids is 2. The van der Waals surface area contributed by atoms with Crippen LogP contribution in [0.2, 0.25) is 0 Å². The second-order valence-corrected chi connectivity index (χ2v) is 5.92. The smallest absolute Gasteiger partial charge is 0.315 e. The van der Waals surface area contributed by atoms with Crippen molar-refractivity contribution >= 4 is 23.1 Å². The zero-order valence-electron chi connectivity index (χ0n) is 12.6. The first-order valence-electron chi connectivity index (χ1n) is 7.24. The van der Waals surface area contributed by atoms with Crippen molar-refractivity contribution in [1.29, 1.82) is 0 Å². The van der Waals surface area contributed by atoms with Crippen LogP contribution in [0.3, 0.4) is 0 Å². The molecule has 0 amide bonds. The summed E-state index contributed by atoms with van der Waals surface area (Å²) in [6.45, 7) is 0.